The second kappa shape index (κ2) is 5.76. The van der Waals surface area contributed by atoms with Crippen LogP contribution in [-0.2, 0) is 4.74 Å². The Hall–Kier alpha value is -1.04. The Morgan fingerprint density at radius 1 is 1.15 bits per heavy atom. The lowest BCUT2D eigenvalue weighted by molar-refractivity contribution is -0.0414. The number of fused-ring (bicyclic) bond motifs is 2. The van der Waals surface area contributed by atoms with Crippen LogP contribution in [0.2, 0.25) is 0 Å². The minimum absolute atomic E-state index is 0.304. The number of morpholine rings is 1. The molecule has 2 aliphatic heterocycles. The van der Waals surface area contributed by atoms with Crippen LogP contribution in [0.4, 0.5) is 8.78 Å². The van der Waals surface area contributed by atoms with Gasteiger partial charge in [-0.3, -0.25) is 4.90 Å². The number of halogens is 2. The number of likely N-dealkylation sites (tertiary alicyclic amines) is 1. The van der Waals surface area contributed by atoms with Crippen LogP contribution in [-0.4, -0.2) is 41.8 Å². The van der Waals surface area contributed by atoms with Gasteiger partial charge < -0.3 is 9.84 Å². The van der Waals surface area contributed by atoms with E-state index < -0.39 is 17.7 Å². The zero-order valence-electron chi connectivity index (χ0n) is 11.3. The first-order chi connectivity index (χ1) is 9.60. The molecular formula is C15H19F2NO2. The van der Waals surface area contributed by atoms with Crippen LogP contribution in [0.5, 0.6) is 0 Å². The number of aliphatic hydroxyl groups is 1. The van der Waals surface area contributed by atoms with E-state index in [1.807, 2.05) is 0 Å². The highest BCUT2D eigenvalue weighted by Crippen LogP contribution is 2.27. The first-order valence-corrected chi connectivity index (χ1v) is 7.12. The van der Waals surface area contributed by atoms with Crippen molar-refractivity contribution in [1.82, 2.24) is 4.90 Å². The molecular weight excluding hydrogens is 264 g/mol. The van der Waals surface area contributed by atoms with Gasteiger partial charge in [0.05, 0.1) is 18.3 Å². The van der Waals surface area contributed by atoms with Crippen molar-refractivity contribution in [2.24, 2.45) is 0 Å². The molecule has 2 saturated heterocycles. The molecule has 20 heavy (non-hydrogen) atoms. The minimum Gasteiger partial charge on any atom is -0.388 e. The van der Waals surface area contributed by atoms with Crippen molar-refractivity contribution in [2.75, 3.05) is 19.6 Å². The zero-order valence-corrected chi connectivity index (χ0v) is 11.3. The summed E-state index contributed by atoms with van der Waals surface area (Å²) in [5.41, 5.74) is 0.304. The van der Waals surface area contributed by atoms with E-state index in [9.17, 15) is 13.9 Å². The molecule has 2 bridgehead atoms. The molecule has 0 amide bonds. The van der Waals surface area contributed by atoms with Gasteiger partial charge in [0, 0.05) is 25.7 Å². The maximum atomic E-state index is 13.1. The average Bonchev–Trinajstić information content (AvgIpc) is 2.74. The zero-order chi connectivity index (χ0) is 14.1. The van der Waals surface area contributed by atoms with E-state index in [0.29, 0.717) is 24.2 Å². The van der Waals surface area contributed by atoms with Gasteiger partial charge in [0.1, 0.15) is 11.6 Å². The van der Waals surface area contributed by atoms with Crippen LogP contribution in [0, 0.1) is 11.6 Å². The first-order valence-electron chi connectivity index (χ1n) is 7.12. The molecule has 2 heterocycles. The molecule has 5 heteroatoms. The second-order valence-corrected chi connectivity index (χ2v) is 5.72. The maximum absolute atomic E-state index is 13.1. The third-order valence-corrected chi connectivity index (χ3v) is 4.11. The van der Waals surface area contributed by atoms with Gasteiger partial charge in [0.25, 0.3) is 0 Å². The number of hydrogen-bond donors (Lipinski definition) is 1. The molecule has 3 nitrogen and oxygen atoms in total. The van der Waals surface area contributed by atoms with Crippen LogP contribution < -0.4 is 0 Å². The third kappa shape index (κ3) is 3.16. The molecule has 3 unspecified atom stereocenters. The molecule has 0 radical (unpaired) electrons. The highest BCUT2D eigenvalue weighted by molar-refractivity contribution is 5.20. The van der Waals surface area contributed by atoms with E-state index in [1.54, 1.807) is 0 Å². The molecule has 3 rings (SSSR count). The fraction of sp³-hybridized carbons (Fsp3) is 0.600. The van der Waals surface area contributed by atoms with Gasteiger partial charge in [-0.2, -0.15) is 0 Å². The maximum Gasteiger partial charge on any atom is 0.126 e. The Kier molecular flexibility index (Phi) is 4.01. The van der Waals surface area contributed by atoms with Crippen molar-refractivity contribution >= 4 is 0 Å². The molecule has 0 spiro atoms. The lowest BCUT2D eigenvalue weighted by Crippen LogP contribution is -2.43. The van der Waals surface area contributed by atoms with E-state index in [0.717, 1.165) is 38.5 Å². The summed E-state index contributed by atoms with van der Waals surface area (Å²) < 4.78 is 32.0. The summed E-state index contributed by atoms with van der Waals surface area (Å²) in [7, 11) is 0. The summed E-state index contributed by atoms with van der Waals surface area (Å²) in [4.78, 5) is 2.27. The van der Waals surface area contributed by atoms with Gasteiger partial charge in [-0.05, 0) is 37.0 Å². The van der Waals surface area contributed by atoms with Gasteiger partial charge in [-0.25, -0.2) is 8.78 Å². The highest BCUT2D eigenvalue weighted by atomic mass is 19.1. The topological polar surface area (TPSA) is 32.7 Å². The van der Waals surface area contributed by atoms with E-state index in [1.165, 1.54) is 12.1 Å². The molecule has 2 aliphatic rings. The summed E-state index contributed by atoms with van der Waals surface area (Å²) in [6.07, 6.45) is 2.50. The van der Waals surface area contributed by atoms with Crippen LogP contribution in [0.1, 0.15) is 30.9 Å². The van der Waals surface area contributed by atoms with Crippen LogP contribution in [0.3, 0.4) is 0 Å². The Morgan fingerprint density at radius 2 is 1.75 bits per heavy atom. The second-order valence-electron chi connectivity index (χ2n) is 5.72. The van der Waals surface area contributed by atoms with Gasteiger partial charge in [0.15, 0.2) is 0 Å². The summed E-state index contributed by atoms with van der Waals surface area (Å²) in [6.45, 7) is 2.50. The molecule has 0 saturated carbocycles. The fourth-order valence-electron chi connectivity index (χ4n) is 3.12. The third-order valence-electron chi connectivity index (χ3n) is 4.11. The van der Waals surface area contributed by atoms with Crippen molar-refractivity contribution in [3.05, 3.63) is 35.4 Å². The van der Waals surface area contributed by atoms with Crippen LogP contribution in [0.25, 0.3) is 0 Å². The number of hydrogen-bond acceptors (Lipinski definition) is 3. The van der Waals surface area contributed by atoms with Crippen molar-refractivity contribution in [3.8, 4) is 0 Å². The van der Waals surface area contributed by atoms with Crippen molar-refractivity contribution in [3.63, 3.8) is 0 Å². The minimum atomic E-state index is -0.833. The lowest BCUT2D eigenvalue weighted by Gasteiger charge is -2.32. The van der Waals surface area contributed by atoms with Gasteiger partial charge >= 0.3 is 0 Å². The molecule has 1 aromatic rings. The Morgan fingerprint density at radius 3 is 2.35 bits per heavy atom. The monoisotopic (exact) mass is 283 g/mol. The predicted molar refractivity (Wildman–Crippen MR) is 70.3 cm³/mol. The van der Waals surface area contributed by atoms with Crippen molar-refractivity contribution < 1.29 is 18.6 Å². The quantitative estimate of drug-likeness (QED) is 0.920. The van der Waals surface area contributed by atoms with E-state index >= 15 is 0 Å². The Balaban J connectivity index is 1.55. The largest absolute Gasteiger partial charge is 0.388 e. The van der Waals surface area contributed by atoms with Gasteiger partial charge in [0.2, 0.25) is 0 Å². The predicted octanol–water partition coefficient (Wildman–Crippen LogP) is 2.25. The highest BCUT2D eigenvalue weighted by Gasteiger charge is 2.33. The summed E-state index contributed by atoms with van der Waals surface area (Å²) in [6, 6.07) is 3.20. The first kappa shape index (κ1) is 13.9. The number of benzene rings is 1. The summed E-state index contributed by atoms with van der Waals surface area (Å²) >= 11 is 0. The number of aliphatic hydroxyl groups excluding tert-OH is 1. The average molecular weight is 283 g/mol. The molecule has 1 N–H and O–H groups in total. The van der Waals surface area contributed by atoms with Gasteiger partial charge in [-0.1, -0.05) is 0 Å². The molecule has 0 aromatic heterocycles. The summed E-state index contributed by atoms with van der Waals surface area (Å²) in [5.74, 6) is -1.30. The Labute approximate surface area is 117 Å². The number of ether oxygens (including phenoxy) is 1. The van der Waals surface area contributed by atoms with E-state index in [4.69, 9.17) is 4.74 Å². The summed E-state index contributed by atoms with van der Waals surface area (Å²) in [5, 5.41) is 10.1. The lowest BCUT2D eigenvalue weighted by atomic mass is 10.1. The molecule has 3 atom stereocenters. The Bertz CT molecular complexity index is 451. The van der Waals surface area contributed by atoms with Crippen LogP contribution >= 0.6 is 0 Å². The molecule has 110 valence electrons. The normalized spacial score (nSPS) is 27.8. The molecule has 1 aromatic carbocycles. The van der Waals surface area contributed by atoms with E-state index in [2.05, 4.69) is 4.90 Å². The van der Waals surface area contributed by atoms with E-state index in [-0.39, 0.29) is 0 Å². The number of rotatable bonds is 4. The molecule has 0 aliphatic carbocycles. The van der Waals surface area contributed by atoms with Crippen molar-refractivity contribution in [2.45, 2.75) is 37.6 Å². The molecule has 2 fully saturated rings. The number of nitrogens with zero attached hydrogens (tertiary/aromatic N) is 1. The standard InChI is InChI=1S/C15H19F2NO2/c16-11-5-10(6-12(17)7-11)15(19)3-4-18-8-13-1-2-14(9-18)20-13/h5-7,13-15,19H,1-4,8-9H2. The smallest absolute Gasteiger partial charge is 0.126 e. The fourth-order valence-corrected chi connectivity index (χ4v) is 3.12. The van der Waals surface area contributed by atoms with Crippen LogP contribution in [0.15, 0.2) is 18.2 Å². The van der Waals surface area contributed by atoms with Crippen molar-refractivity contribution in [1.29, 1.82) is 0 Å². The van der Waals surface area contributed by atoms with Gasteiger partial charge in [-0.15, -0.1) is 0 Å². The SMILES string of the molecule is OC(CCN1CC2CCC(C1)O2)c1cc(F)cc(F)c1.